The van der Waals surface area contributed by atoms with E-state index in [4.69, 9.17) is 0 Å². The van der Waals surface area contributed by atoms with Crippen molar-refractivity contribution >= 4 is 11.3 Å². The maximum atomic E-state index is 4.58. The fourth-order valence-electron chi connectivity index (χ4n) is 2.72. The number of hydrogen-bond acceptors (Lipinski definition) is 3. The molecular formula is C15H21N3S. The van der Waals surface area contributed by atoms with Gasteiger partial charge in [0.25, 0.3) is 0 Å². The Hall–Kier alpha value is -1.13. The first-order chi connectivity index (χ1) is 9.28. The van der Waals surface area contributed by atoms with Crippen LogP contribution in [0, 0.1) is 0 Å². The van der Waals surface area contributed by atoms with Crippen LogP contribution in [0.3, 0.4) is 0 Å². The van der Waals surface area contributed by atoms with Crippen molar-refractivity contribution in [3.8, 4) is 0 Å². The van der Waals surface area contributed by atoms with Crippen LogP contribution < -0.4 is 5.32 Å². The molecule has 1 N–H and O–H groups in total. The number of rotatable bonds is 5. The topological polar surface area (TPSA) is 29.9 Å². The molecule has 1 aliphatic rings. The van der Waals surface area contributed by atoms with Crippen molar-refractivity contribution in [1.29, 1.82) is 0 Å². The van der Waals surface area contributed by atoms with Gasteiger partial charge in [0.2, 0.25) is 0 Å². The van der Waals surface area contributed by atoms with Gasteiger partial charge in [0.15, 0.2) is 0 Å². The summed E-state index contributed by atoms with van der Waals surface area (Å²) in [5, 5.41) is 8.22. The van der Waals surface area contributed by atoms with Crippen molar-refractivity contribution in [3.63, 3.8) is 0 Å². The number of fused-ring (bicyclic) bond motifs is 1. The molecule has 1 aliphatic carbocycles. The van der Waals surface area contributed by atoms with Crippen molar-refractivity contribution in [2.24, 2.45) is 7.05 Å². The van der Waals surface area contributed by atoms with Gasteiger partial charge in [-0.05, 0) is 49.9 Å². The van der Waals surface area contributed by atoms with E-state index in [0.717, 1.165) is 18.7 Å². The first-order valence-electron chi connectivity index (χ1n) is 7.12. The Kier molecular flexibility index (Phi) is 3.71. The largest absolute Gasteiger partial charge is 0.304 e. The van der Waals surface area contributed by atoms with Gasteiger partial charge in [-0.2, -0.15) is 5.10 Å². The third-order valence-electron chi connectivity index (χ3n) is 3.68. The summed E-state index contributed by atoms with van der Waals surface area (Å²) in [6.07, 6.45) is 7.03. The molecule has 2 aromatic heterocycles. The van der Waals surface area contributed by atoms with E-state index in [-0.39, 0.29) is 6.04 Å². The van der Waals surface area contributed by atoms with E-state index in [1.807, 2.05) is 29.3 Å². The standard InChI is InChI=1S/C15H21N3S/c1-3-8-16-15(12-7-9-18(2)17-12)14-10-11-5-4-6-13(11)19-14/h7,9-10,15-16H,3-6,8H2,1-2H3. The number of aromatic nitrogens is 2. The average Bonchev–Trinajstić information content (AvgIpc) is 3.05. The molecule has 0 radical (unpaired) electrons. The lowest BCUT2D eigenvalue weighted by molar-refractivity contribution is 0.582. The number of nitrogens with zero attached hydrogens (tertiary/aromatic N) is 2. The first-order valence-corrected chi connectivity index (χ1v) is 7.94. The van der Waals surface area contributed by atoms with Crippen molar-refractivity contribution in [1.82, 2.24) is 15.1 Å². The fourth-order valence-corrected chi connectivity index (χ4v) is 4.07. The highest BCUT2D eigenvalue weighted by Gasteiger charge is 2.22. The second kappa shape index (κ2) is 5.47. The molecule has 0 saturated carbocycles. The maximum absolute atomic E-state index is 4.58. The summed E-state index contributed by atoms with van der Waals surface area (Å²) in [6.45, 7) is 3.24. The SMILES string of the molecule is CCCNC(c1ccn(C)n1)c1cc2c(s1)CCC2. The Morgan fingerprint density at radius 2 is 2.37 bits per heavy atom. The monoisotopic (exact) mass is 275 g/mol. The van der Waals surface area contributed by atoms with Gasteiger partial charge in [0, 0.05) is 23.0 Å². The quantitative estimate of drug-likeness (QED) is 0.909. The molecule has 102 valence electrons. The molecule has 1 atom stereocenters. The smallest absolute Gasteiger partial charge is 0.0863 e. The molecule has 2 aromatic rings. The molecule has 1 unspecified atom stereocenters. The van der Waals surface area contributed by atoms with Gasteiger partial charge in [-0.15, -0.1) is 11.3 Å². The van der Waals surface area contributed by atoms with E-state index in [9.17, 15) is 0 Å². The fraction of sp³-hybridized carbons (Fsp3) is 0.533. The normalized spacial score (nSPS) is 15.7. The molecule has 0 fully saturated rings. The maximum Gasteiger partial charge on any atom is 0.0863 e. The zero-order valence-electron chi connectivity index (χ0n) is 11.6. The van der Waals surface area contributed by atoms with Gasteiger partial charge in [-0.25, -0.2) is 0 Å². The van der Waals surface area contributed by atoms with Gasteiger partial charge in [-0.3, -0.25) is 4.68 Å². The number of aryl methyl sites for hydroxylation is 3. The highest BCUT2D eigenvalue weighted by Crippen LogP contribution is 2.35. The Labute approximate surface area is 118 Å². The third kappa shape index (κ3) is 2.60. The predicted molar refractivity (Wildman–Crippen MR) is 79.7 cm³/mol. The van der Waals surface area contributed by atoms with Crippen LogP contribution in [0.2, 0.25) is 0 Å². The summed E-state index contributed by atoms with van der Waals surface area (Å²) >= 11 is 1.97. The van der Waals surface area contributed by atoms with Crippen LogP contribution in [-0.4, -0.2) is 16.3 Å². The summed E-state index contributed by atoms with van der Waals surface area (Å²) in [4.78, 5) is 3.02. The highest BCUT2D eigenvalue weighted by molar-refractivity contribution is 7.12. The van der Waals surface area contributed by atoms with Crippen molar-refractivity contribution in [2.45, 2.75) is 38.6 Å². The van der Waals surface area contributed by atoms with Gasteiger partial charge in [0.1, 0.15) is 0 Å². The van der Waals surface area contributed by atoms with Gasteiger partial charge >= 0.3 is 0 Å². The molecular weight excluding hydrogens is 254 g/mol. The van der Waals surface area contributed by atoms with Crippen LogP contribution in [0.25, 0.3) is 0 Å². The van der Waals surface area contributed by atoms with E-state index in [1.165, 1.54) is 24.1 Å². The van der Waals surface area contributed by atoms with E-state index < -0.39 is 0 Å². The molecule has 0 spiro atoms. The van der Waals surface area contributed by atoms with E-state index >= 15 is 0 Å². The molecule has 3 rings (SSSR count). The minimum Gasteiger partial charge on any atom is -0.304 e. The van der Waals surface area contributed by atoms with Crippen LogP contribution >= 0.6 is 11.3 Å². The predicted octanol–water partition coefficient (Wildman–Crippen LogP) is 3.06. The van der Waals surface area contributed by atoms with Crippen molar-refractivity contribution < 1.29 is 0 Å². The second-order valence-electron chi connectivity index (χ2n) is 5.25. The van der Waals surface area contributed by atoms with Crippen LogP contribution in [0.4, 0.5) is 0 Å². The summed E-state index contributed by atoms with van der Waals surface area (Å²) in [5.41, 5.74) is 2.70. The number of nitrogens with one attached hydrogen (secondary N) is 1. The lowest BCUT2D eigenvalue weighted by Gasteiger charge is -2.15. The second-order valence-corrected chi connectivity index (χ2v) is 6.42. The molecule has 2 heterocycles. The van der Waals surface area contributed by atoms with Gasteiger partial charge < -0.3 is 5.32 Å². The van der Waals surface area contributed by atoms with Crippen LogP contribution in [-0.2, 0) is 19.9 Å². The third-order valence-corrected chi connectivity index (χ3v) is 4.98. The van der Waals surface area contributed by atoms with Crippen LogP contribution in [0.5, 0.6) is 0 Å². The summed E-state index contributed by atoms with van der Waals surface area (Å²) in [6, 6.07) is 4.78. The zero-order chi connectivity index (χ0) is 13.2. The molecule has 0 bridgehead atoms. The Balaban J connectivity index is 1.89. The minimum absolute atomic E-state index is 0.261. The average molecular weight is 275 g/mol. The number of thiophene rings is 1. The Morgan fingerprint density at radius 1 is 1.47 bits per heavy atom. The molecule has 19 heavy (non-hydrogen) atoms. The molecule has 3 nitrogen and oxygen atoms in total. The van der Waals surface area contributed by atoms with E-state index in [0.29, 0.717) is 0 Å². The zero-order valence-corrected chi connectivity index (χ0v) is 12.5. The summed E-state index contributed by atoms with van der Waals surface area (Å²) in [7, 11) is 1.98. The van der Waals surface area contributed by atoms with Crippen LogP contribution in [0.15, 0.2) is 18.3 Å². The molecule has 4 heteroatoms. The summed E-state index contributed by atoms with van der Waals surface area (Å²) < 4.78 is 1.89. The lowest BCUT2D eigenvalue weighted by Crippen LogP contribution is -2.23. The number of hydrogen-bond donors (Lipinski definition) is 1. The van der Waals surface area contributed by atoms with E-state index in [2.05, 4.69) is 29.5 Å². The molecule has 0 saturated heterocycles. The molecule has 0 aromatic carbocycles. The summed E-state index contributed by atoms with van der Waals surface area (Å²) in [5.74, 6) is 0. The van der Waals surface area contributed by atoms with E-state index in [1.54, 1.807) is 10.4 Å². The molecule has 0 aliphatic heterocycles. The van der Waals surface area contributed by atoms with Crippen LogP contribution in [0.1, 0.15) is 46.8 Å². The lowest BCUT2D eigenvalue weighted by atomic mass is 10.1. The minimum atomic E-state index is 0.261. The highest BCUT2D eigenvalue weighted by atomic mass is 32.1. The van der Waals surface area contributed by atoms with Crippen molar-refractivity contribution in [2.75, 3.05) is 6.54 Å². The molecule has 0 amide bonds. The van der Waals surface area contributed by atoms with Crippen molar-refractivity contribution in [3.05, 3.63) is 39.3 Å². The first kappa shape index (κ1) is 12.9. The van der Waals surface area contributed by atoms with Gasteiger partial charge in [-0.1, -0.05) is 6.92 Å². The Morgan fingerprint density at radius 3 is 3.05 bits per heavy atom. The Bertz CT molecular complexity index is 534. The van der Waals surface area contributed by atoms with Gasteiger partial charge in [0.05, 0.1) is 11.7 Å².